The van der Waals surface area contributed by atoms with E-state index in [4.69, 9.17) is 4.98 Å². The molecule has 126 valence electrons. The Balaban J connectivity index is 1.61. The van der Waals surface area contributed by atoms with Crippen LogP contribution in [0.5, 0.6) is 0 Å². The van der Waals surface area contributed by atoms with E-state index in [2.05, 4.69) is 44.2 Å². The molecule has 0 fully saturated rings. The van der Waals surface area contributed by atoms with Gasteiger partial charge in [0, 0.05) is 11.1 Å². The third-order valence-electron chi connectivity index (χ3n) is 4.76. The first-order chi connectivity index (χ1) is 11.3. The standard InChI is InChI=1S/C22H33N/c1-3-4-5-6-7-8-9-10-11-12-15-20-18-19(2)21-16-13-14-17-22(21)23-20/h13-14,16-18H,3-12,15H2,1-2H3. The molecule has 0 atom stereocenters. The summed E-state index contributed by atoms with van der Waals surface area (Å²) >= 11 is 0. The second kappa shape index (κ2) is 10.4. The van der Waals surface area contributed by atoms with Crippen molar-refractivity contribution < 1.29 is 0 Å². The molecule has 23 heavy (non-hydrogen) atoms. The normalized spacial score (nSPS) is 11.2. The van der Waals surface area contributed by atoms with Gasteiger partial charge in [-0.2, -0.15) is 0 Å². The molecule has 2 aromatic rings. The maximum atomic E-state index is 4.81. The Labute approximate surface area is 142 Å². The lowest BCUT2D eigenvalue weighted by molar-refractivity contribution is 0.555. The van der Waals surface area contributed by atoms with Gasteiger partial charge < -0.3 is 0 Å². The number of nitrogens with zero attached hydrogens (tertiary/aromatic N) is 1. The third-order valence-corrected chi connectivity index (χ3v) is 4.76. The second-order valence-corrected chi connectivity index (χ2v) is 6.88. The van der Waals surface area contributed by atoms with Crippen molar-refractivity contribution in [2.75, 3.05) is 0 Å². The van der Waals surface area contributed by atoms with E-state index in [9.17, 15) is 0 Å². The lowest BCUT2D eigenvalue weighted by Crippen LogP contribution is -1.93. The summed E-state index contributed by atoms with van der Waals surface area (Å²) in [5, 5.41) is 1.29. The van der Waals surface area contributed by atoms with Gasteiger partial charge in [-0.05, 0) is 37.5 Å². The number of hydrogen-bond donors (Lipinski definition) is 0. The highest BCUT2D eigenvalue weighted by atomic mass is 14.7. The van der Waals surface area contributed by atoms with Gasteiger partial charge in [-0.25, -0.2) is 0 Å². The summed E-state index contributed by atoms with van der Waals surface area (Å²) < 4.78 is 0. The van der Waals surface area contributed by atoms with Crippen molar-refractivity contribution in [3.05, 3.63) is 41.6 Å². The van der Waals surface area contributed by atoms with E-state index in [-0.39, 0.29) is 0 Å². The summed E-state index contributed by atoms with van der Waals surface area (Å²) in [6.45, 7) is 4.48. The molecule has 0 bridgehead atoms. The van der Waals surface area contributed by atoms with Gasteiger partial charge >= 0.3 is 0 Å². The lowest BCUT2D eigenvalue weighted by Gasteiger charge is -2.06. The first-order valence-electron chi connectivity index (χ1n) is 9.66. The van der Waals surface area contributed by atoms with Crippen molar-refractivity contribution in [3.8, 4) is 0 Å². The van der Waals surface area contributed by atoms with Gasteiger partial charge in [0.25, 0.3) is 0 Å². The van der Waals surface area contributed by atoms with Gasteiger partial charge in [0.2, 0.25) is 0 Å². The van der Waals surface area contributed by atoms with Crippen LogP contribution in [0.4, 0.5) is 0 Å². The fourth-order valence-corrected chi connectivity index (χ4v) is 3.34. The molecule has 0 N–H and O–H groups in total. The molecule has 1 heterocycles. The summed E-state index contributed by atoms with van der Waals surface area (Å²) in [6, 6.07) is 10.8. The molecule has 0 saturated heterocycles. The van der Waals surface area contributed by atoms with Crippen LogP contribution in [0.3, 0.4) is 0 Å². The van der Waals surface area contributed by atoms with Gasteiger partial charge in [-0.1, -0.05) is 82.9 Å². The zero-order chi connectivity index (χ0) is 16.3. The number of aromatic nitrogens is 1. The van der Waals surface area contributed by atoms with Gasteiger partial charge in [0.05, 0.1) is 5.52 Å². The number of fused-ring (bicyclic) bond motifs is 1. The molecule has 0 aliphatic carbocycles. The Hall–Kier alpha value is -1.37. The van der Waals surface area contributed by atoms with E-state index < -0.39 is 0 Å². The predicted molar refractivity (Wildman–Crippen MR) is 102 cm³/mol. The van der Waals surface area contributed by atoms with Crippen LogP contribution < -0.4 is 0 Å². The number of aryl methyl sites for hydroxylation is 2. The van der Waals surface area contributed by atoms with E-state index in [1.54, 1.807) is 0 Å². The molecular formula is C22H33N. The number of benzene rings is 1. The molecule has 2 rings (SSSR count). The summed E-state index contributed by atoms with van der Waals surface area (Å²) in [4.78, 5) is 4.81. The molecule has 1 aromatic carbocycles. The number of pyridine rings is 1. The van der Waals surface area contributed by atoms with E-state index in [0.29, 0.717) is 0 Å². The minimum atomic E-state index is 1.13. The van der Waals surface area contributed by atoms with Crippen LogP contribution in [0.1, 0.15) is 82.4 Å². The van der Waals surface area contributed by atoms with E-state index in [0.717, 1.165) is 11.9 Å². The van der Waals surface area contributed by atoms with Crippen molar-refractivity contribution >= 4 is 10.9 Å². The van der Waals surface area contributed by atoms with Gasteiger partial charge in [-0.15, -0.1) is 0 Å². The minimum absolute atomic E-state index is 1.13. The zero-order valence-electron chi connectivity index (χ0n) is 15.1. The quantitative estimate of drug-likeness (QED) is 0.407. The molecule has 0 amide bonds. The van der Waals surface area contributed by atoms with Crippen LogP contribution in [0.15, 0.2) is 30.3 Å². The van der Waals surface area contributed by atoms with Crippen LogP contribution in [-0.2, 0) is 6.42 Å². The molecule has 1 aromatic heterocycles. The first kappa shape index (κ1) is 18.0. The predicted octanol–water partition coefficient (Wildman–Crippen LogP) is 7.01. The summed E-state index contributed by atoms with van der Waals surface area (Å²) in [6.07, 6.45) is 15.1. The van der Waals surface area contributed by atoms with Crippen molar-refractivity contribution in [1.29, 1.82) is 0 Å². The van der Waals surface area contributed by atoms with E-state index >= 15 is 0 Å². The highest BCUT2D eigenvalue weighted by molar-refractivity contribution is 5.81. The van der Waals surface area contributed by atoms with Crippen LogP contribution in [-0.4, -0.2) is 4.98 Å². The molecule has 0 radical (unpaired) electrons. The molecular weight excluding hydrogens is 278 g/mol. The monoisotopic (exact) mass is 311 g/mol. The maximum absolute atomic E-state index is 4.81. The summed E-state index contributed by atoms with van der Waals surface area (Å²) in [5.41, 5.74) is 3.77. The molecule has 0 spiro atoms. The fraction of sp³-hybridized carbons (Fsp3) is 0.591. The van der Waals surface area contributed by atoms with Gasteiger partial charge in [0.1, 0.15) is 0 Å². The number of unbranched alkanes of at least 4 members (excludes halogenated alkanes) is 9. The molecule has 1 heteroatoms. The second-order valence-electron chi connectivity index (χ2n) is 6.88. The summed E-state index contributed by atoms with van der Waals surface area (Å²) in [7, 11) is 0. The SMILES string of the molecule is CCCCCCCCCCCCc1cc(C)c2ccccc2n1. The highest BCUT2D eigenvalue weighted by Gasteiger charge is 2.02. The largest absolute Gasteiger partial charge is 0.253 e. The maximum Gasteiger partial charge on any atom is 0.0707 e. The third kappa shape index (κ3) is 6.33. The topological polar surface area (TPSA) is 12.9 Å². The number of hydrogen-bond acceptors (Lipinski definition) is 1. The van der Waals surface area contributed by atoms with Crippen LogP contribution in [0.2, 0.25) is 0 Å². The van der Waals surface area contributed by atoms with E-state index in [1.807, 2.05) is 0 Å². The zero-order valence-corrected chi connectivity index (χ0v) is 15.1. The molecule has 1 nitrogen and oxygen atoms in total. The molecule has 0 aliphatic heterocycles. The van der Waals surface area contributed by atoms with Crippen molar-refractivity contribution in [3.63, 3.8) is 0 Å². The van der Waals surface area contributed by atoms with Crippen LogP contribution in [0.25, 0.3) is 10.9 Å². The van der Waals surface area contributed by atoms with Crippen LogP contribution in [0, 0.1) is 6.92 Å². The number of para-hydroxylation sites is 1. The minimum Gasteiger partial charge on any atom is -0.253 e. The molecule has 0 aliphatic rings. The highest BCUT2D eigenvalue weighted by Crippen LogP contribution is 2.19. The Kier molecular flexibility index (Phi) is 8.14. The lowest BCUT2D eigenvalue weighted by atomic mass is 10.0. The Morgan fingerprint density at radius 2 is 1.39 bits per heavy atom. The molecule has 0 saturated carbocycles. The first-order valence-corrected chi connectivity index (χ1v) is 9.66. The Morgan fingerprint density at radius 3 is 2.09 bits per heavy atom. The summed E-state index contributed by atoms with van der Waals surface area (Å²) in [5.74, 6) is 0. The van der Waals surface area contributed by atoms with Gasteiger partial charge in [0.15, 0.2) is 0 Å². The average molecular weight is 312 g/mol. The van der Waals surface area contributed by atoms with E-state index in [1.165, 1.54) is 80.9 Å². The smallest absolute Gasteiger partial charge is 0.0707 e. The Morgan fingerprint density at radius 1 is 0.783 bits per heavy atom. The van der Waals surface area contributed by atoms with Crippen LogP contribution >= 0.6 is 0 Å². The fourth-order valence-electron chi connectivity index (χ4n) is 3.34. The molecule has 0 unspecified atom stereocenters. The number of rotatable bonds is 11. The van der Waals surface area contributed by atoms with Crippen molar-refractivity contribution in [2.24, 2.45) is 0 Å². The van der Waals surface area contributed by atoms with Crippen molar-refractivity contribution in [1.82, 2.24) is 4.98 Å². The van der Waals surface area contributed by atoms with Gasteiger partial charge in [-0.3, -0.25) is 4.98 Å². The van der Waals surface area contributed by atoms with Crippen molar-refractivity contribution in [2.45, 2.75) is 84.5 Å². The average Bonchev–Trinajstić information content (AvgIpc) is 2.57. The Bertz CT molecular complexity index is 573.